The number of amides is 2. The zero-order valence-corrected chi connectivity index (χ0v) is 16.1. The molecule has 2 amide bonds. The van der Waals surface area contributed by atoms with Gasteiger partial charge in [-0.2, -0.15) is 4.39 Å². The molecule has 2 heterocycles. The van der Waals surface area contributed by atoms with Crippen molar-refractivity contribution in [1.29, 1.82) is 0 Å². The summed E-state index contributed by atoms with van der Waals surface area (Å²) in [4.78, 5) is 36.4. The van der Waals surface area contributed by atoms with Crippen molar-refractivity contribution in [3.8, 4) is 0 Å². The molecule has 0 radical (unpaired) electrons. The molecule has 0 aliphatic carbocycles. The number of carbonyl (C=O) groups is 2. The van der Waals surface area contributed by atoms with Gasteiger partial charge in [0, 0.05) is 37.6 Å². The smallest absolute Gasteiger partial charge is 0.313 e. The SMILES string of the molecule is O=C(NCC1CCN(C2CCOCC2)CC1)C(=O)Nc1ccc(F)c([N+](=O)[O-])c1. The van der Waals surface area contributed by atoms with E-state index in [0.717, 1.165) is 64.1 Å². The molecule has 3 rings (SSSR count). The molecule has 2 N–H and O–H groups in total. The minimum Gasteiger partial charge on any atom is -0.381 e. The fourth-order valence-corrected chi connectivity index (χ4v) is 3.81. The Balaban J connectivity index is 1.42. The molecule has 1 aromatic rings. The highest BCUT2D eigenvalue weighted by atomic mass is 19.1. The van der Waals surface area contributed by atoms with Gasteiger partial charge in [0.15, 0.2) is 0 Å². The molecular weight excluding hydrogens is 383 g/mol. The third-order valence-electron chi connectivity index (χ3n) is 5.51. The van der Waals surface area contributed by atoms with Crippen molar-refractivity contribution in [1.82, 2.24) is 10.2 Å². The number of anilines is 1. The lowest BCUT2D eigenvalue weighted by atomic mass is 9.94. The van der Waals surface area contributed by atoms with Crippen LogP contribution in [0.25, 0.3) is 0 Å². The fourth-order valence-electron chi connectivity index (χ4n) is 3.81. The van der Waals surface area contributed by atoms with Crippen LogP contribution in [0.3, 0.4) is 0 Å². The van der Waals surface area contributed by atoms with Gasteiger partial charge in [0.1, 0.15) is 0 Å². The molecule has 10 heteroatoms. The minimum atomic E-state index is -1.01. The molecule has 2 aliphatic heterocycles. The van der Waals surface area contributed by atoms with Gasteiger partial charge in [0.05, 0.1) is 4.92 Å². The maximum Gasteiger partial charge on any atom is 0.313 e. The molecule has 2 saturated heterocycles. The first-order chi connectivity index (χ1) is 13.9. The first-order valence-electron chi connectivity index (χ1n) is 9.79. The number of piperidine rings is 1. The largest absolute Gasteiger partial charge is 0.381 e. The zero-order chi connectivity index (χ0) is 20.8. The van der Waals surface area contributed by atoms with Gasteiger partial charge in [-0.05, 0) is 56.8 Å². The molecule has 158 valence electrons. The van der Waals surface area contributed by atoms with E-state index in [2.05, 4.69) is 15.5 Å². The molecule has 0 spiro atoms. The number of halogens is 1. The van der Waals surface area contributed by atoms with Crippen molar-refractivity contribution in [2.45, 2.75) is 31.7 Å². The second kappa shape index (κ2) is 9.75. The molecule has 0 atom stereocenters. The zero-order valence-electron chi connectivity index (χ0n) is 16.1. The minimum absolute atomic E-state index is 0.0111. The standard InChI is InChI=1S/C19H25FN4O5/c20-16-2-1-14(11-17(16)24(27)28)22-19(26)18(25)21-12-13-3-7-23(8-4-13)15-5-9-29-10-6-15/h1-2,11,13,15H,3-10,12H2,(H,21,25)(H,22,26). The lowest BCUT2D eigenvalue weighted by molar-refractivity contribution is -0.387. The Bertz CT molecular complexity index is 761. The van der Waals surface area contributed by atoms with E-state index >= 15 is 0 Å². The van der Waals surface area contributed by atoms with Crippen LogP contribution < -0.4 is 10.6 Å². The number of rotatable bonds is 5. The van der Waals surface area contributed by atoms with Crippen LogP contribution in [-0.4, -0.2) is 60.5 Å². The predicted octanol–water partition coefficient (Wildman–Crippen LogP) is 1.68. The monoisotopic (exact) mass is 408 g/mol. The molecule has 0 bridgehead atoms. The van der Waals surface area contributed by atoms with Gasteiger partial charge in [-0.1, -0.05) is 0 Å². The number of hydrogen-bond acceptors (Lipinski definition) is 6. The molecule has 1 aromatic carbocycles. The molecule has 9 nitrogen and oxygen atoms in total. The Kier molecular flexibility index (Phi) is 7.10. The van der Waals surface area contributed by atoms with Crippen LogP contribution in [0, 0.1) is 21.8 Å². The van der Waals surface area contributed by atoms with Crippen LogP contribution in [0.5, 0.6) is 0 Å². The molecule has 2 aliphatic rings. The molecule has 0 aromatic heterocycles. The van der Waals surface area contributed by atoms with Crippen molar-refractivity contribution in [2.24, 2.45) is 5.92 Å². The molecular formula is C19H25FN4O5. The van der Waals surface area contributed by atoms with Gasteiger partial charge in [-0.15, -0.1) is 0 Å². The number of nitro groups is 1. The van der Waals surface area contributed by atoms with Crippen LogP contribution in [0.1, 0.15) is 25.7 Å². The second-order valence-electron chi connectivity index (χ2n) is 7.41. The van der Waals surface area contributed by atoms with Crippen LogP contribution >= 0.6 is 0 Å². The molecule has 0 unspecified atom stereocenters. The highest BCUT2D eigenvalue weighted by Crippen LogP contribution is 2.23. The Hall–Kier alpha value is -2.59. The van der Waals surface area contributed by atoms with Gasteiger partial charge in [-0.3, -0.25) is 19.7 Å². The Morgan fingerprint density at radius 3 is 2.52 bits per heavy atom. The van der Waals surface area contributed by atoms with E-state index < -0.39 is 28.2 Å². The molecule has 2 fully saturated rings. The third-order valence-corrected chi connectivity index (χ3v) is 5.51. The maximum absolute atomic E-state index is 13.3. The third kappa shape index (κ3) is 5.70. The maximum atomic E-state index is 13.3. The first-order valence-corrected chi connectivity index (χ1v) is 9.79. The van der Waals surface area contributed by atoms with Gasteiger partial charge in [0.25, 0.3) is 0 Å². The summed E-state index contributed by atoms with van der Waals surface area (Å²) in [5, 5.41) is 15.6. The number of likely N-dealkylation sites (tertiary alicyclic amines) is 1. The number of nitrogens with zero attached hydrogens (tertiary/aromatic N) is 2. The summed E-state index contributed by atoms with van der Waals surface area (Å²) in [5.41, 5.74) is -0.775. The second-order valence-corrected chi connectivity index (χ2v) is 7.41. The Morgan fingerprint density at radius 1 is 1.17 bits per heavy atom. The molecule has 29 heavy (non-hydrogen) atoms. The number of benzene rings is 1. The van der Waals surface area contributed by atoms with E-state index in [1.165, 1.54) is 6.07 Å². The van der Waals surface area contributed by atoms with Gasteiger partial charge >= 0.3 is 17.5 Å². The van der Waals surface area contributed by atoms with Crippen LogP contribution in [0.2, 0.25) is 0 Å². The highest BCUT2D eigenvalue weighted by Gasteiger charge is 2.27. The summed E-state index contributed by atoms with van der Waals surface area (Å²) >= 11 is 0. The summed E-state index contributed by atoms with van der Waals surface area (Å²) in [7, 11) is 0. The summed E-state index contributed by atoms with van der Waals surface area (Å²) in [6.45, 7) is 3.96. The van der Waals surface area contributed by atoms with Crippen molar-refractivity contribution in [2.75, 3.05) is 38.2 Å². The lowest BCUT2D eigenvalue weighted by Crippen LogP contribution is -2.46. The van der Waals surface area contributed by atoms with E-state index in [0.29, 0.717) is 18.5 Å². The van der Waals surface area contributed by atoms with Gasteiger partial charge in [0.2, 0.25) is 5.82 Å². The van der Waals surface area contributed by atoms with E-state index in [9.17, 15) is 24.1 Å². The van der Waals surface area contributed by atoms with Gasteiger partial charge < -0.3 is 20.3 Å². The number of carbonyl (C=O) groups excluding carboxylic acids is 2. The average molecular weight is 408 g/mol. The predicted molar refractivity (Wildman–Crippen MR) is 103 cm³/mol. The van der Waals surface area contributed by atoms with E-state index in [4.69, 9.17) is 4.74 Å². The number of nitrogens with one attached hydrogen (secondary N) is 2. The Morgan fingerprint density at radius 2 is 1.86 bits per heavy atom. The number of hydrogen-bond donors (Lipinski definition) is 2. The number of ether oxygens (including phenoxy) is 1. The van der Waals surface area contributed by atoms with Crippen molar-refractivity contribution < 1.29 is 23.6 Å². The van der Waals surface area contributed by atoms with E-state index in [1.54, 1.807) is 0 Å². The van der Waals surface area contributed by atoms with E-state index in [-0.39, 0.29) is 5.69 Å². The number of nitro benzene ring substituents is 1. The van der Waals surface area contributed by atoms with Crippen molar-refractivity contribution >= 4 is 23.2 Å². The summed E-state index contributed by atoms with van der Waals surface area (Å²) < 4.78 is 18.7. The molecule has 0 saturated carbocycles. The fraction of sp³-hybridized carbons (Fsp3) is 0.579. The average Bonchev–Trinajstić information content (AvgIpc) is 2.74. The quantitative estimate of drug-likeness (QED) is 0.435. The lowest BCUT2D eigenvalue weighted by Gasteiger charge is -2.39. The first kappa shape index (κ1) is 21.1. The van der Waals surface area contributed by atoms with Crippen molar-refractivity contribution in [3.63, 3.8) is 0 Å². The highest BCUT2D eigenvalue weighted by molar-refractivity contribution is 6.39. The van der Waals surface area contributed by atoms with Crippen LogP contribution in [0.4, 0.5) is 15.8 Å². The summed E-state index contributed by atoms with van der Waals surface area (Å²) in [6, 6.07) is 3.49. The normalized spacial score (nSPS) is 18.9. The van der Waals surface area contributed by atoms with Crippen LogP contribution in [0.15, 0.2) is 18.2 Å². The summed E-state index contributed by atoms with van der Waals surface area (Å²) in [5.74, 6) is -2.46. The Labute approximate surface area is 167 Å². The van der Waals surface area contributed by atoms with Gasteiger partial charge in [-0.25, -0.2) is 0 Å². The van der Waals surface area contributed by atoms with Crippen LogP contribution in [-0.2, 0) is 14.3 Å². The topological polar surface area (TPSA) is 114 Å². The van der Waals surface area contributed by atoms with E-state index in [1.807, 2.05) is 0 Å². The summed E-state index contributed by atoms with van der Waals surface area (Å²) in [6.07, 6.45) is 4.01. The van der Waals surface area contributed by atoms with Crippen molar-refractivity contribution in [3.05, 3.63) is 34.1 Å².